The van der Waals surface area contributed by atoms with Gasteiger partial charge in [-0.25, -0.2) is 4.98 Å². The first-order valence-corrected chi connectivity index (χ1v) is 6.02. The average Bonchev–Trinajstić information content (AvgIpc) is 2.72. The van der Waals surface area contributed by atoms with Gasteiger partial charge in [0.2, 0.25) is 0 Å². The molecule has 2 aromatic rings. The first-order chi connectivity index (χ1) is 8.20. The van der Waals surface area contributed by atoms with E-state index in [0.717, 1.165) is 30.4 Å². The van der Waals surface area contributed by atoms with E-state index in [1.165, 1.54) is 5.57 Å². The Morgan fingerprint density at radius 1 is 1.47 bits per heavy atom. The summed E-state index contributed by atoms with van der Waals surface area (Å²) in [5.74, 6) is 0. The van der Waals surface area contributed by atoms with Crippen LogP contribution in [0.2, 0.25) is 0 Å². The van der Waals surface area contributed by atoms with Gasteiger partial charge in [-0.3, -0.25) is 0 Å². The molecule has 0 aliphatic carbocycles. The molecule has 1 heterocycles. The van der Waals surface area contributed by atoms with Crippen molar-refractivity contribution in [2.24, 2.45) is 5.73 Å². The maximum Gasteiger partial charge on any atom is 0.0958 e. The first kappa shape index (κ1) is 11.9. The summed E-state index contributed by atoms with van der Waals surface area (Å²) in [5.41, 5.74) is 9.50. The topological polar surface area (TPSA) is 43.8 Å². The maximum absolute atomic E-state index is 6.12. The average molecular weight is 229 g/mol. The number of aromatic nitrogens is 2. The van der Waals surface area contributed by atoms with Gasteiger partial charge in [-0.2, -0.15) is 0 Å². The molecule has 1 aromatic carbocycles. The first-order valence-electron chi connectivity index (χ1n) is 6.02. The molecule has 3 nitrogen and oxygen atoms in total. The van der Waals surface area contributed by atoms with Crippen molar-refractivity contribution in [2.45, 2.75) is 32.4 Å². The summed E-state index contributed by atoms with van der Waals surface area (Å²) in [6, 6.07) is 8.22. The van der Waals surface area contributed by atoms with Crippen LogP contribution in [0.1, 0.15) is 19.8 Å². The Balaban J connectivity index is 2.10. The number of para-hydroxylation sites is 2. The molecule has 0 aliphatic heterocycles. The van der Waals surface area contributed by atoms with Crippen molar-refractivity contribution >= 4 is 11.0 Å². The predicted octanol–water partition coefficient (Wildman–Crippen LogP) is 2.72. The SMILES string of the molecule is C=C(CC)CC(N)Cn1cnc2ccccc21. The van der Waals surface area contributed by atoms with E-state index < -0.39 is 0 Å². The van der Waals surface area contributed by atoms with Gasteiger partial charge in [0.05, 0.1) is 17.4 Å². The van der Waals surface area contributed by atoms with E-state index in [0.29, 0.717) is 0 Å². The molecular formula is C14H19N3. The second-order valence-electron chi connectivity index (χ2n) is 4.45. The quantitative estimate of drug-likeness (QED) is 0.801. The molecule has 17 heavy (non-hydrogen) atoms. The van der Waals surface area contributed by atoms with Crippen molar-refractivity contribution in [3.05, 3.63) is 42.7 Å². The molecule has 0 fully saturated rings. The smallest absolute Gasteiger partial charge is 0.0958 e. The summed E-state index contributed by atoms with van der Waals surface area (Å²) in [4.78, 5) is 4.36. The van der Waals surface area contributed by atoms with Crippen LogP contribution in [-0.4, -0.2) is 15.6 Å². The van der Waals surface area contributed by atoms with Crippen LogP contribution in [0.3, 0.4) is 0 Å². The highest BCUT2D eigenvalue weighted by Crippen LogP contribution is 2.14. The fraction of sp³-hybridized carbons (Fsp3) is 0.357. The number of nitrogens with two attached hydrogens (primary N) is 1. The van der Waals surface area contributed by atoms with Crippen LogP contribution in [0.25, 0.3) is 11.0 Å². The van der Waals surface area contributed by atoms with Crippen molar-refractivity contribution in [2.75, 3.05) is 0 Å². The third-order valence-electron chi connectivity index (χ3n) is 3.01. The number of hydrogen-bond donors (Lipinski definition) is 1. The number of fused-ring (bicyclic) bond motifs is 1. The van der Waals surface area contributed by atoms with Crippen molar-refractivity contribution in [1.82, 2.24) is 9.55 Å². The minimum Gasteiger partial charge on any atom is -0.329 e. The molecule has 0 saturated heterocycles. The summed E-state index contributed by atoms with van der Waals surface area (Å²) < 4.78 is 2.11. The van der Waals surface area contributed by atoms with Crippen LogP contribution in [-0.2, 0) is 6.54 Å². The second kappa shape index (κ2) is 5.15. The molecule has 1 aromatic heterocycles. The molecule has 2 N–H and O–H groups in total. The van der Waals surface area contributed by atoms with Gasteiger partial charge < -0.3 is 10.3 Å². The highest BCUT2D eigenvalue weighted by Gasteiger charge is 2.07. The van der Waals surface area contributed by atoms with E-state index in [1.807, 2.05) is 24.5 Å². The Labute approximate surface area is 102 Å². The van der Waals surface area contributed by atoms with E-state index in [2.05, 4.69) is 29.1 Å². The lowest BCUT2D eigenvalue weighted by Gasteiger charge is -2.13. The fourth-order valence-electron chi connectivity index (χ4n) is 1.99. The van der Waals surface area contributed by atoms with Gasteiger partial charge in [-0.05, 0) is 25.0 Å². The molecule has 1 unspecified atom stereocenters. The van der Waals surface area contributed by atoms with Crippen LogP contribution in [0, 0.1) is 0 Å². The molecular weight excluding hydrogens is 210 g/mol. The Kier molecular flexibility index (Phi) is 3.59. The highest BCUT2D eigenvalue weighted by atomic mass is 15.1. The van der Waals surface area contributed by atoms with Gasteiger partial charge in [0.15, 0.2) is 0 Å². The Bertz CT molecular complexity index is 513. The second-order valence-corrected chi connectivity index (χ2v) is 4.45. The molecule has 90 valence electrons. The van der Waals surface area contributed by atoms with Gasteiger partial charge >= 0.3 is 0 Å². The third kappa shape index (κ3) is 2.74. The van der Waals surface area contributed by atoms with Crippen molar-refractivity contribution in [3.8, 4) is 0 Å². The standard InChI is InChI=1S/C14H19N3/c1-3-11(2)8-12(15)9-17-10-16-13-6-4-5-7-14(13)17/h4-7,10,12H,2-3,8-9,15H2,1H3. The van der Waals surface area contributed by atoms with Crippen LogP contribution in [0.15, 0.2) is 42.7 Å². The summed E-state index contributed by atoms with van der Waals surface area (Å²) >= 11 is 0. The largest absolute Gasteiger partial charge is 0.329 e. The fourth-order valence-corrected chi connectivity index (χ4v) is 1.99. The van der Waals surface area contributed by atoms with Crippen LogP contribution >= 0.6 is 0 Å². The molecule has 0 spiro atoms. The zero-order chi connectivity index (χ0) is 12.3. The van der Waals surface area contributed by atoms with Crippen molar-refractivity contribution in [3.63, 3.8) is 0 Å². The molecule has 0 radical (unpaired) electrons. The highest BCUT2D eigenvalue weighted by molar-refractivity contribution is 5.74. The zero-order valence-electron chi connectivity index (χ0n) is 10.3. The van der Waals surface area contributed by atoms with Gasteiger partial charge in [-0.1, -0.05) is 31.2 Å². The minimum atomic E-state index is 0.111. The third-order valence-corrected chi connectivity index (χ3v) is 3.01. The Morgan fingerprint density at radius 3 is 3.00 bits per heavy atom. The lowest BCUT2D eigenvalue weighted by Crippen LogP contribution is -2.26. The number of rotatable bonds is 5. The molecule has 0 amide bonds. The monoisotopic (exact) mass is 229 g/mol. The molecule has 0 aliphatic rings. The summed E-state index contributed by atoms with van der Waals surface area (Å²) in [6.45, 7) is 6.90. The van der Waals surface area contributed by atoms with Crippen LogP contribution in [0.4, 0.5) is 0 Å². The molecule has 1 atom stereocenters. The zero-order valence-corrected chi connectivity index (χ0v) is 10.3. The van der Waals surface area contributed by atoms with Gasteiger partial charge in [0, 0.05) is 12.6 Å². The van der Waals surface area contributed by atoms with Crippen LogP contribution in [0.5, 0.6) is 0 Å². The molecule has 0 saturated carbocycles. The molecule has 2 rings (SSSR count). The predicted molar refractivity (Wildman–Crippen MR) is 71.8 cm³/mol. The summed E-state index contributed by atoms with van der Waals surface area (Å²) in [6.07, 6.45) is 3.74. The number of imidazole rings is 1. The van der Waals surface area contributed by atoms with Gasteiger partial charge in [0.1, 0.15) is 0 Å². The number of benzene rings is 1. The Morgan fingerprint density at radius 2 is 2.24 bits per heavy atom. The van der Waals surface area contributed by atoms with E-state index >= 15 is 0 Å². The van der Waals surface area contributed by atoms with E-state index in [9.17, 15) is 0 Å². The maximum atomic E-state index is 6.12. The minimum absolute atomic E-state index is 0.111. The van der Waals surface area contributed by atoms with Crippen molar-refractivity contribution in [1.29, 1.82) is 0 Å². The van der Waals surface area contributed by atoms with Gasteiger partial charge in [-0.15, -0.1) is 0 Å². The van der Waals surface area contributed by atoms with E-state index in [-0.39, 0.29) is 6.04 Å². The van der Waals surface area contributed by atoms with E-state index in [1.54, 1.807) is 0 Å². The Hall–Kier alpha value is -1.61. The number of hydrogen-bond acceptors (Lipinski definition) is 2. The summed E-state index contributed by atoms with van der Waals surface area (Å²) in [7, 11) is 0. The lowest BCUT2D eigenvalue weighted by atomic mass is 10.1. The summed E-state index contributed by atoms with van der Waals surface area (Å²) in [5, 5.41) is 0. The molecule has 3 heteroatoms. The number of nitrogens with zero attached hydrogens (tertiary/aromatic N) is 2. The molecule has 0 bridgehead atoms. The lowest BCUT2D eigenvalue weighted by molar-refractivity contribution is 0.553. The van der Waals surface area contributed by atoms with Gasteiger partial charge in [0.25, 0.3) is 0 Å². The van der Waals surface area contributed by atoms with Crippen LogP contribution < -0.4 is 5.73 Å². The van der Waals surface area contributed by atoms with Crippen molar-refractivity contribution < 1.29 is 0 Å². The normalized spacial score (nSPS) is 12.8. The van der Waals surface area contributed by atoms with E-state index in [4.69, 9.17) is 5.73 Å².